The number of nitrogens with two attached hydrogens (primary N) is 1. The lowest BCUT2D eigenvalue weighted by molar-refractivity contribution is -0.117. The predicted molar refractivity (Wildman–Crippen MR) is 64.5 cm³/mol. The summed E-state index contributed by atoms with van der Waals surface area (Å²) in [5, 5.41) is 8.52. The Kier molecular flexibility index (Phi) is 8.66. The van der Waals surface area contributed by atoms with Gasteiger partial charge in [-0.3, -0.25) is 4.79 Å². The Morgan fingerprint density at radius 3 is 2.38 bits per heavy atom. The largest absolute Gasteiger partial charge is 0.396 e. The highest BCUT2D eigenvalue weighted by Gasteiger charge is 1.86. The lowest BCUT2D eigenvalue weighted by atomic mass is 10.2. The van der Waals surface area contributed by atoms with Crippen molar-refractivity contribution in [3.05, 3.63) is 35.9 Å². The van der Waals surface area contributed by atoms with E-state index in [1.807, 2.05) is 30.3 Å². The van der Waals surface area contributed by atoms with Crippen molar-refractivity contribution in [3.63, 3.8) is 0 Å². The second kappa shape index (κ2) is 9.75. The van der Waals surface area contributed by atoms with Crippen molar-refractivity contribution >= 4 is 5.91 Å². The molecule has 3 nitrogen and oxygen atoms in total. The number of hydrogen-bond donors (Lipinski definition) is 2. The Bertz CT molecular complexity index is 328. The molecule has 3 heteroatoms. The van der Waals surface area contributed by atoms with Crippen LogP contribution in [0.3, 0.4) is 0 Å². The Hall–Kier alpha value is -1.79. The fraction of sp³-hybridized carbons (Fsp3) is 0.308. The molecule has 86 valence electrons. The SMILES string of the molecule is C#CCCC(N)=O.OCCc1ccccc1. The van der Waals surface area contributed by atoms with E-state index in [2.05, 4.69) is 5.92 Å². The van der Waals surface area contributed by atoms with E-state index in [1.165, 1.54) is 5.56 Å². The molecule has 16 heavy (non-hydrogen) atoms. The molecular formula is C13H17NO2. The second-order valence-corrected chi connectivity index (χ2v) is 3.13. The number of hydrogen-bond acceptors (Lipinski definition) is 2. The molecule has 0 heterocycles. The minimum atomic E-state index is -0.335. The third-order valence-electron chi connectivity index (χ3n) is 1.76. The lowest BCUT2D eigenvalue weighted by Crippen LogP contribution is -2.08. The first-order valence-electron chi connectivity index (χ1n) is 5.07. The first-order valence-corrected chi connectivity index (χ1v) is 5.07. The number of carbonyl (C=O) groups excluding carboxylic acids is 1. The number of rotatable bonds is 4. The summed E-state index contributed by atoms with van der Waals surface area (Å²) in [5.74, 6) is 1.96. The normalized spacial score (nSPS) is 8.50. The lowest BCUT2D eigenvalue weighted by Gasteiger charge is -1.93. The third-order valence-corrected chi connectivity index (χ3v) is 1.76. The van der Waals surface area contributed by atoms with Crippen LogP contribution < -0.4 is 5.73 Å². The molecule has 0 fully saturated rings. The zero-order chi connectivity index (χ0) is 12.2. The maximum absolute atomic E-state index is 9.88. The Labute approximate surface area is 96.3 Å². The third kappa shape index (κ3) is 8.79. The first-order chi connectivity index (χ1) is 7.70. The molecule has 3 N–H and O–H groups in total. The Balaban J connectivity index is 0.000000293. The van der Waals surface area contributed by atoms with Gasteiger partial charge in [0.25, 0.3) is 0 Å². The molecule has 0 aliphatic rings. The van der Waals surface area contributed by atoms with Crippen LogP contribution in [0.1, 0.15) is 18.4 Å². The molecule has 1 aromatic rings. The van der Waals surface area contributed by atoms with Crippen molar-refractivity contribution in [1.82, 2.24) is 0 Å². The van der Waals surface area contributed by atoms with Crippen LogP contribution in [0.2, 0.25) is 0 Å². The van der Waals surface area contributed by atoms with Crippen LogP contribution in [0.4, 0.5) is 0 Å². The standard InChI is InChI=1S/C8H10O.C5H7NO/c9-7-6-8-4-2-1-3-5-8;1-2-3-4-5(6)7/h1-5,9H,6-7H2;1H,3-4H2,(H2,6,7). The van der Waals surface area contributed by atoms with Crippen LogP contribution in [0, 0.1) is 12.3 Å². The zero-order valence-corrected chi connectivity index (χ0v) is 9.23. The van der Waals surface area contributed by atoms with Crippen LogP contribution in [0.25, 0.3) is 0 Å². The maximum atomic E-state index is 9.88. The van der Waals surface area contributed by atoms with Crippen molar-refractivity contribution in [2.24, 2.45) is 5.73 Å². The molecule has 1 amide bonds. The van der Waals surface area contributed by atoms with E-state index in [0.29, 0.717) is 12.8 Å². The molecule has 0 atom stereocenters. The Morgan fingerprint density at radius 1 is 1.38 bits per heavy atom. The number of primary amides is 1. The molecular weight excluding hydrogens is 202 g/mol. The van der Waals surface area contributed by atoms with E-state index < -0.39 is 0 Å². The molecule has 0 bridgehead atoms. The van der Waals surface area contributed by atoms with Gasteiger partial charge in [0, 0.05) is 19.4 Å². The number of carbonyl (C=O) groups is 1. The topological polar surface area (TPSA) is 63.3 Å². The minimum Gasteiger partial charge on any atom is -0.396 e. The fourth-order valence-electron chi connectivity index (χ4n) is 0.969. The van der Waals surface area contributed by atoms with Crippen molar-refractivity contribution in [3.8, 4) is 12.3 Å². The zero-order valence-electron chi connectivity index (χ0n) is 9.23. The van der Waals surface area contributed by atoms with Gasteiger partial charge in [0.1, 0.15) is 0 Å². The van der Waals surface area contributed by atoms with Gasteiger partial charge in [0.05, 0.1) is 0 Å². The van der Waals surface area contributed by atoms with E-state index in [1.54, 1.807) is 0 Å². The van der Waals surface area contributed by atoms with Crippen LogP contribution in [0.15, 0.2) is 30.3 Å². The van der Waals surface area contributed by atoms with Gasteiger partial charge < -0.3 is 10.8 Å². The molecule has 0 saturated carbocycles. The summed E-state index contributed by atoms with van der Waals surface area (Å²) in [7, 11) is 0. The summed E-state index contributed by atoms with van der Waals surface area (Å²) >= 11 is 0. The molecule has 0 spiro atoms. The molecule has 0 saturated heterocycles. The summed E-state index contributed by atoms with van der Waals surface area (Å²) in [4.78, 5) is 9.88. The van der Waals surface area contributed by atoms with E-state index in [4.69, 9.17) is 17.3 Å². The summed E-state index contributed by atoms with van der Waals surface area (Å²) < 4.78 is 0. The van der Waals surface area contributed by atoms with Gasteiger partial charge in [-0.2, -0.15) is 0 Å². The molecule has 0 aliphatic carbocycles. The fourth-order valence-corrected chi connectivity index (χ4v) is 0.969. The van der Waals surface area contributed by atoms with E-state index in [9.17, 15) is 4.79 Å². The maximum Gasteiger partial charge on any atom is 0.218 e. The number of aliphatic hydroxyl groups is 1. The number of terminal acetylenes is 1. The predicted octanol–water partition coefficient (Wildman–Crippen LogP) is 1.11. The molecule has 1 rings (SSSR count). The number of benzene rings is 1. The number of aliphatic hydroxyl groups excluding tert-OH is 1. The molecule has 0 aromatic heterocycles. The summed E-state index contributed by atoms with van der Waals surface area (Å²) in [5.41, 5.74) is 5.94. The van der Waals surface area contributed by atoms with Gasteiger partial charge in [-0.15, -0.1) is 12.3 Å². The summed E-state index contributed by atoms with van der Waals surface area (Å²) in [6.07, 6.45) is 6.34. The average molecular weight is 219 g/mol. The van der Waals surface area contributed by atoms with Crippen molar-refractivity contribution < 1.29 is 9.90 Å². The highest BCUT2D eigenvalue weighted by Crippen LogP contribution is 1.97. The molecule has 1 aromatic carbocycles. The highest BCUT2D eigenvalue weighted by atomic mass is 16.2. The smallest absolute Gasteiger partial charge is 0.218 e. The van der Waals surface area contributed by atoms with Gasteiger partial charge in [0.2, 0.25) is 5.91 Å². The first kappa shape index (κ1) is 14.2. The van der Waals surface area contributed by atoms with Crippen molar-refractivity contribution in [2.45, 2.75) is 19.3 Å². The van der Waals surface area contributed by atoms with Gasteiger partial charge in [0.15, 0.2) is 0 Å². The molecule has 0 aliphatic heterocycles. The van der Waals surface area contributed by atoms with Gasteiger partial charge in [-0.1, -0.05) is 30.3 Å². The van der Waals surface area contributed by atoms with Crippen LogP contribution in [0.5, 0.6) is 0 Å². The monoisotopic (exact) mass is 219 g/mol. The highest BCUT2D eigenvalue weighted by molar-refractivity contribution is 5.73. The summed E-state index contributed by atoms with van der Waals surface area (Å²) in [6, 6.07) is 9.95. The van der Waals surface area contributed by atoms with Gasteiger partial charge in [-0.05, 0) is 12.0 Å². The molecule has 0 radical (unpaired) electrons. The second-order valence-electron chi connectivity index (χ2n) is 3.13. The van der Waals surface area contributed by atoms with Gasteiger partial charge >= 0.3 is 0 Å². The summed E-state index contributed by atoms with van der Waals surface area (Å²) in [6.45, 7) is 0.240. The van der Waals surface area contributed by atoms with Crippen LogP contribution in [-0.4, -0.2) is 17.6 Å². The van der Waals surface area contributed by atoms with Crippen molar-refractivity contribution in [1.29, 1.82) is 0 Å². The van der Waals surface area contributed by atoms with Crippen LogP contribution >= 0.6 is 0 Å². The van der Waals surface area contributed by atoms with E-state index in [0.717, 1.165) is 6.42 Å². The molecule has 0 unspecified atom stereocenters. The Morgan fingerprint density at radius 2 is 2.00 bits per heavy atom. The number of amides is 1. The van der Waals surface area contributed by atoms with Crippen molar-refractivity contribution in [2.75, 3.05) is 6.61 Å². The minimum absolute atomic E-state index is 0.240. The van der Waals surface area contributed by atoms with E-state index >= 15 is 0 Å². The van der Waals surface area contributed by atoms with Crippen LogP contribution in [-0.2, 0) is 11.2 Å². The van der Waals surface area contributed by atoms with Gasteiger partial charge in [-0.25, -0.2) is 0 Å². The van der Waals surface area contributed by atoms with E-state index in [-0.39, 0.29) is 12.5 Å². The quantitative estimate of drug-likeness (QED) is 0.745. The average Bonchev–Trinajstić information content (AvgIpc) is 2.29.